The summed E-state index contributed by atoms with van der Waals surface area (Å²) in [5.41, 5.74) is 0. The highest BCUT2D eigenvalue weighted by atomic mass is 16.7. The molecule has 0 aromatic rings. The molecular weight excluding hydrogens is 264 g/mol. The topological polar surface area (TPSA) is 74.2 Å². The highest BCUT2D eigenvalue weighted by molar-refractivity contribution is 5.56. The first-order valence-corrected chi connectivity index (χ1v) is 7.33. The van der Waals surface area contributed by atoms with Crippen LogP contribution in [0.3, 0.4) is 0 Å². The normalized spacial score (nSPS) is 12.3. The molecule has 0 amide bonds. The molecule has 0 saturated carbocycles. The molecule has 0 spiro atoms. The fourth-order valence-corrected chi connectivity index (χ4v) is 1.56. The number of hydrogen-bond donors (Lipinski definition) is 1. The summed E-state index contributed by atoms with van der Waals surface area (Å²) < 4.78 is 20.8. The molecule has 0 fully saturated rings. The van der Waals surface area contributed by atoms with Crippen molar-refractivity contribution in [1.29, 1.82) is 0 Å². The summed E-state index contributed by atoms with van der Waals surface area (Å²) in [5, 5.41) is 8.51. The van der Waals surface area contributed by atoms with Crippen molar-refractivity contribution in [3.63, 3.8) is 0 Å². The molecule has 0 rings (SSSR count). The van der Waals surface area contributed by atoms with Crippen molar-refractivity contribution in [3.05, 3.63) is 0 Å². The van der Waals surface area contributed by atoms with E-state index in [-0.39, 0.29) is 12.7 Å². The van der Waals surface area contributed by atoms with E-state index in [2.05, 4.69) is 11.7 Å². The average Bonchev–Trinajstić information content (AvgIpc) is 2.43. The lowest BCUT2D eigenvalue weighted by atomic mass is 10.2. The number of ether oxygens (including phenoxy) is 4. The Kier molecular flexibility index (Phi) is 13.9. The molecule has 0 heterocycles. The van der Waals surface area contributed by atoms with Gasteiger partial charge in [0.2, 0.25) is 0 Å². The maximum Gasteiger partial charge on any atom is 0.505 e. The van der Waals surface area contributed by atoms with Gasteiger partial charge >= 0.3 is 6.16 Å². The molecule has 120 valence electrons. The van der Waals surface area contributed by atoms with Crippen LogP contribution in [0.25, 0.3) is 0 Å². The van der Waals surface area contributed by atoms with Gasteiger partial charge in [-0.05, 0) is 26.2 Å². The van der Waals surface area contributed by atoms with Gasteiger partial charge in [-0.25, -0.2) is 4.79 Å². The number of rotatable bonds is 14. The standard InChI is InChI=1S/C14H28O6/c1-3-5-8-18-10-11-19-13(12-20-14(15)16)7-6-9-17-4-2/h13H,3-12H2,1-2H3,(H,15,16). The smallest absolute Gasteiger partial charge is 0.450 e. The summed E-state index contributed by atoms with van der Waals surface area (Å²) >= 11 is 0. The second-order valence-electron chi connectivity index (χ2n) is 4.37. The maximum atomic E-state index is 10.4. The zero-order valence-electron chi connectivity index (χ0n) is 12.6. The number of unbranched alkanes of at least 4 members (excludes halogenated alkanes) is 1. The zero-order valence-corrected chi connectivity index (χ0v) is 12.6. The Morgan fingerprint density at radius 3 is 2.45 bits per heavy atom. The monoisotopic (exact) mass is 292 g/mol. The van der Waals surface area contributed by atoms with Crippen molar-refractivity contribution >= 4 is 6.16 Å². The van der Waals surface area contributed by atoms with Crippen LogP contribution in [0.15, 0.2) is 0 Å². The van der Waals surface area contributed by atoms with E-state index in [1.165, 1.54) is 0 Å². The van der Waals surface area contributed by atoms with Gasteiger partial charge in [0, 0.05) is 19.8 Å². The molecule has 6 nitrogen and oxygen atoms in total. The molecule has 20 heavy (non-hydrogen) atoms. The Morgan fingerprint density at radius 2 is 1.80 bits per heavy atom. The first-order valence-electron chi connectivity index (χ1n) is 7.33. The molecule has 0 aromatic carbocycles. The summed E-state index contributed by atoms with van der Waals surface area (Å²) in [4.78, 5) is 10.4. The second kappa shape index (κ2) is 14.6. The molecule has 1 N–H and O–H groups in total. The van der Waals surface area contributed by atoms with Crippen LogP contribution in [0.4, 0.5) is 4.79 Å². The Morgan fingerprint density at radius 1 is 1.05 bits per heavy atom. The van der Waals surface area contributed by atoms with Crippen LogP contribution in [-0.4, -0.2) is 57.0 Å². The molecular formula is C14H28O6. The van der Waals surface area contributed by atoms with Crippen molar-refractivity contribution in [3.8, 4) is 0 Å². The van der Waals surface area contributed by atoms with E-state index in [0.29, 0.717) is 32.8 Å². The number of carboxylic acid groups (broad SMARTS) is 1. The summed E-state index contributed by atoms with van der Waals surface area (Å²) in [6.45, 7) is 7.14. The van der Waals surface area contributed by atoms with Gasteiger partial charge in [0.1, 0.15) is 6.61 Å². The van der Waals surface area contributed by atoms with E-state index in [9.17, 15) is 4.79 Å². The Balaban J connectivity index is 3.71. The van der Waals surface area contributed by atoms with Gasteiger partial charge in [0.15, 0.2) is 0 Å². The highest BCUT2D eigenvalue weighted by Crippen LogP contribution is 2.04. The van der Waals surface area contributed by atoms with Gasteiger partial charge in [0.05, 0.1) is 19.3 Å². The molecule has 1 atom stereocenters. The minimum absolute atomic E-state index is 0.0520. The van der Waals surface area contributed by atoms with Gasteiger partial charge in [-0.2, -0.15) is 0 Å². The third-order valence-corrected chi connectivity index (χ3v) is 2.64. The Bertz CT molecular complexity index is 222. The quantitative estimate of drug-likeness (QED) is 0.392. The lowest BCUT2D eigenvalue weighted by molar-refractivity contribution is -0.0362. The molecule has 0 aliphatic heterocycles. The van der Waals surface area contributed by atoms with Crippen molar-refractivity contribution in [1.82, 2.24) is 0 Å². The van der Waals surface area contributed by atoms with Crippen LogP contribution in [0.2, 0.25) is 0 Å². The van der Waals surface area contributed by atoms with Crippen molar-refractivity contribution in [2.75, 3.05) is 39.6 Å². The molecule has 0 aliphatic rings. The van der Waals surface area contributed by atoms with Gasteiger partial charge in [-0.1, -0.05) is 13.3 Å². The number of hydrogen-bond acceptors (Lipinski definition) is 5. The minimum atomic E-state index is -1.28. The predicted molar refractivity (Wildman–Crippen MR) is 75.2 cm³/mol. The van der Waals surface area contributed by atoms with Crippen molar-refractivity contribution in [2.45, 2.75) is 45.6 Å². The van der Waals surface area contributed by atoms with Gasteiger partial charge in [-0.15, -0.1) is 0 Å². The molecule has 0 aromatic heterocycles. The molecule has 0 saturated heterocycles. The van der Waals surface area contributed by atoms with Gasteiger partial charge in [-0.3, -0.25) is 0 Å². The van der Waals surface area contributed by atoms with Gasteiger partial charge < -0.3 is 24.1 Å². The van der Waals surface area contributed by atoms with Crippen LogP contribution in [-0.2, 0) is 18.9 Å². The van der Waals surface area contributed by atoms with E-state index in [0.717, 1.165) is 25.9 Å². The molecule has 6 heteroatoms. The predicted octanol–water partition coefficient (Wildman–Crippen LogP) is 2.70. The molecule has 0 aliphatic carbocycles. The maximum absolute atomic E-state index is 10.4. The number of carbonyl (C=O) groups is 1. The zero-order chi connectivity index (χ0) is 15.1. The van der Waals surface area contributed by atoms with E-state index < -0.39 is 6.16 Å². The van der Waals surface area contributed by atoms with Crippen LogP contribution in [0.5, 0.6) is 0 Å². The first kappa shape index (κ1) is 19.1. The third-order valence-electron chi connectivity index (χ3n) is 2.64. The fourth-order valence-electron chi connectivity index (χ4n) is 1.56. The van der Waals surface area contributed by atoms with E-state index in [1.807, 2.05) is 6.92 Å². The minimum Gasteiger partial charge on any atom is -0.450 e. The molecule has 1 unspecified atom stereocenters. The largest absolute Gasteiger partial charge is 0.505 e. The third kappa shape index (κ3) is 13.6. The van der Waals surface area contributed by atoms with Gasteiger partial charge in [0.25, 0.3) is 0 Å². The Labute approximate surface area is 121 Å². The fraction of sp³-hybridized carbons (Fsp3) is 0.929. The van der Waals surface area contributed by atoms with E-state index in [1.54, 1.807) is 0 Å². The second-order valence-corrected chi connectivity index (χ2v) is 4.37. The van der Waals surface area contributed by atoms with Crippen molar-refractivity contribution < 1.29 is 28.8 Å². The average molecular weight is 292 g/mol. The highest BCUT2D eigenvalue weighted by Gasteiger charge is 2.12. The van der Waals surface area contributed by atoms with E-state index in [4.69, 9.17) is 19.3 Å². The summed E-state index contributed by atoms with van der Waals surface area (Å²) in [5.74, 6) is 0. The molecule has 0 bridgehead atoms. The van der Waals surface area contributed by atoms with Crippen LogP contribution in [0, 0.1) is 0 Å². The van der Waals surface area contributed by atoms with E-state index >= 15 is 0 Å². The van der Waals surface area contributed by atoms with Crippen LogP contribution in [0.1, 0.15) is 39.5 Å². The first-order chi connectivity index (χ1) is 9.70. The van der Waals surface area contributed by atoms with Crippen LogP contribution < -0.4 is 0 Å². The summed E-state index contributed by atoms with van der Waals surface area (Å²) in [6, 6.07) is 0. The summed E-state index contributed by atoms with van der Waals surface area (Å²) in [7, 11) is 0. The van der Waals surface area contributed by atoms with Crippen LogP contribution >= 0.6 is 0 Å². The Hall–Kier alpha value is -0.850. The SMILES string of the molecule is CCCCOCCOC(CCCOCC)COC(=O)O. The summed E-state index contributed by atoms with van der Waals surface area (Å²) in [6.07, 6.45) is 2.16. The van der Waals surface area contributed by atoms with Crippen molar-refractivity contribution in [2.24, 2.45) is 0 Å². The molecule has 0 radical (unpaired) electrons. The lowest BCUT2D eigenvalue weighted by Crippen LogP contribution is -2.24. The lowest BCUT2D eigenvalue weighted by Gasteiger charge is -2.17.